The molecule has 0 atom stereocenters. The topological polar surface area (TPSA) is 29.5 Å². The number of nitrogens with zero attached hydrogens (tertiary/aromatic N) is 1. The van der Waals surface area contributed by atoms with Gasteiger partial charge in [0.05, 0.1) is 10.0 Å². The van der Waals surface area contributed by atoms with Crippen molar-refractivity contribution in [3.8, 4) is 5.75 Å². The summed E-state index contributed by atoms with van der Waals surface area (Å²) in [6.45, 7) is 1.38. The maximum absolute atomic E-state index is 10.9. The van der Waals surface area contributed by atoms with Crippen LogP contribution in [-0.4, -0.2) is 18.0 Å². The highest BCUT2D eigenvalue weighted by Gasteiger charge is 2.11. The van der Waals surface area contributed by atoms with Crippen LogP contribution in [-0.2, 0) is 4.79 Å². The Morgan fingerprint density at radius 1 is 1.36 bits per heavy atom. The fraction of sp³-hybridized carbons (Fsp3) is 0.222. The smallest absolute Gasteiger partial charge is 0.251 e. The number of rotatable bonds is 2. The summed E-state index contributed by atoms with van der Waals surface area (Å²) in [5.41, 5.74) is 0. The summed E-state index contributed by atoms with van der Waals surface area (Å²) < 4.78 is 0. The van der Waals surface area contributed by atoms with E-state index in [0.29, 0.717) is 10.0 Å². The van der Waals surface area contributed by atoms with Gasteiger partial charge in [-0.25, -0.2) is 0 Å². The molecule has 0 aliphatic heterocycles. The predicted octanol–water partition coefficient (Wildman–Crippen LogP) is 2.77. The number of hydroxylamine groups is 2. The zero-order valence-electron chi connectivity index (χ0n) is 7.75. The van der Waals surface area contributed by atoms with Gasteiger partial charge in [-0.2, -0.15) is 5.06 Å². The summed E-state index contributed by atoms with van der Waals surface area (Å²) >= 11 is 11.7. The lowest BCUT2D eigenvalue weighted by Gasteiger charge is -2.17. The lowest BCUT2D eigenvalue weighted by atomic mass is 10.3. The van der Waals surface area contributed by atoms with Crippen molar-refractivity contribution >= 4 is 29.1 Å². The standard InChI is InChI=1S/C9H9Cl2NO2/c1-6(13)12(2)14-9-7(10)4-3-5-8(9)11/h3-5H,1-2H3. The van der Waals surface area contributed by atoms with Crippen LogP contribution < -0.4 is 4.84 Å². The van der Waals surface area contributed by atoms with Gasteiger partial charge in [0.25, 0.3) is 5.91 Å². The van der Waals surface area contributed by atoms with E-state index in [2.05, 4.69) is 0 Å². The summed E-state index contributed by atoms with van der Waals surface area (Å²) in [4.78, 5) is 16.0. The van der Waals surface area contributed by atoms with E-state index in [0.717, 1.165) is 5.06 Å². The monoisotopic (exact) mass is 233 g/mol. The molecule has 1 aromatic rings. The Morgan fingerprint density at radius 3 is 2.29 bits per heavy atom. The number of hydrogen-bond donors (Lipinski definition) is 0. The van der Waals surface area contributed by atoms with Gasteiger partial charge in [-0.1, -0.05) is 29.3 Å². The van der Waals surface area contributed by atoms with Crippen molar-refractivity contribution in [2.45, 2.75) is 6.92 Å². The summed E-state index contributed by atoms with van der Waals surface area (Å²) in [5, 5.41) is 1.80. The predicted molar refractivity (Wildman–Crippen MR) is 55.5 cm³/mol. The summed E-state index contributed by atoms with van der Waals surface area (Å²) in [6, 6.07) is 4.97. The van der Waals surface area contributed by atoms with Gasteiger partial charge in [-0.05, 0) is 12.1 Å². The number of benzene rings is 1. The van der Waals surface area contributed by atoms with E-state index in [1.165, 1.54) is 14.0 Å². The lowest BCUT2D eigenvalue weighted by molar-refractivity contribution is -0.149. The highest BCUT2D eigenvalue weighted by Crippen LogP contribution is 2.32. The molecule has 0 bridgehead atoms. The number of carbonyl (C=O) groups is 1. The average Bonchev–Trinajstić information content (AvgIpc) is 2.11. The first-order valence-corrected chi connectivity index (χ1v) is 4.64. The van der Waals surface area contributed by atoms with E-state index in [1.54, 1.807) is 18.2 Å². The van der Waals surface area contributed by atoms with Gasteiger partial charge in [-0.15, -0.1) is 0 Å². The van der Waals surface area contributed by atoms with Gasteiger partial charge in [0.1, 0.15) is 0 Å². The van der Waals surface area contributed by atoms with Crippen molar-refractivity contribution in [1.29, 1.82) is 0 Å². The molecule has 0 fully saturated rings. The largest absolute Gasteiger partial charge is 0.374 e. The third-order valence-corrected chi connectivity index (χ3v) is 2.19. The summed E-state index contributed by atoms with van der Waals surface area (Å²) in [5.74, 6) is 0.0505. The SMILES string of the molecule is CC(=O)N(C)Oc1c(Cl)cccc1Cl. The second kappa shape index (κ2) is 4.53. The number of amides is 1. The minimum Gasteiger partial charge on any atom is -0.374 e. The first-order valence-electron chi connectivity index (χ1n) is 3.88. The summed E-state index contributed by atoms with van der Waals surface area (Å²) in [6.07, 6.45) is 0. The maximum atomic E-state index is 10.9. The fourth-order valence-corrected chi connectivity index (χ4v) is 1.24. The van der Waals surface area contributed by atoms with Crippen molar-refractivity contribution in [2.75, 3.05) is 7.05 Å². The second-order valence-electron chi connectivity index (χ2n) is 2.66. The lowest BCUT2D eigenvalue weighted by Crippen LogP contribution is -2.27. The first-order chi connectivity index (χ1) is 6.52. The number of carbonyl (C=O) groups excluding carboxylic acids is 1. The van der Waals surface area contributed by atoms with Crippen molar-refractivity contribution in [3.05, 3.63) is 28.2 Å². The molecule has 0 saturated carbocycles. The molecule has 0 unspecified atom stereocenters. The van der Waals surface area contributed by atoms with E-state index in [9.17, 15) is 4.79 Å². The molecule has 0 aromatic heterocycles. The zero-order valence-corrected chi connectivity index (χ0v) is 9.26. The average molecular weight is 234 g/mol. The molecule has 0 aliphatic carbocycles. The minimum atomic E-state index is -0.235. The third-order valence-electron chi connectivity index (χ3n) is 1.59. The Balaban J connectivity index is 2.91. The molecule has 1 rings (SSSR count). The molecule has 5 heteroatoms. The Kier molecular flexibility index (Phi) is 3.61. The van der Waals surface area contributed by atoms with Gasteiger partial charge >= 0.3 is 0 Å². The van der Waals surface area contributed by atoms with E-state index in [4.69, 9.17) is 28.0 Å². The number of halogens is 2. The quantitative estimate of drug-likeness (QED) is 0.736. The van der Waals surface area contributed by atoms with Crippen LogP contribution in [0.5, 0.6) is 5.75 Å². The van der Waals surface area contributed by atoms with Crippen LogP contribution in [0.15, 0.2) is 18.2 Å². The van der Waals surface area contributed by atoms with Gasteiger partial charge in [0, 0.05) is 14.0 Å². The van der Waals surface area contributed by atoms with Crippen molar-refractivity contribution < 1.29 is 9.63 Å². The Labute approximate surface area is 92.1 Å². The van der Waals surface area contributed by atoms with Gasteiger partial charge < -0.3 is 4.84 Å². The van der Waals surface area contributed by atoms with Crippen LogP contribution in [0.25, 0.3) is 0 Å². The van der Waals surface area contributed by atoms with Crippen LogP contribution in [0.2, 0.25) is 10.0 Å². The third kappa shape index (κ3) is 2.53. The molecule has 3 nitrogen and oxygen atoms in total. The molecule has 0 aliphatic rings. The zero-order chi connectivity index (χ0) is 10.7. The normalized spacial score (nSPS) is 9.71. The molecule has 1 amide bonds. The molecule has 0 radical (unpaired) electrons. The van der Waals surface area contributed by atoms with Gasteiger partial charge in [0.15, 0.2) is 5.75 Å². The van der Waals surface area contributed by atoms with Crippen molar-refractivity contribution in [1.82, 2.24) is 5.06 Å². The molecule has 76 valence electrons. The number of para-hydroxylation sites is 1. The molecule has 14 heavy (non-hydrogen) atoms. The van der Waals surface area contributed by atoms with Crippen molar-refractivity contribution in [3.63, 3.8) is 0 Å². The Morgan fingerprint density at radius 2 is 1.86 bits per heavy atom. The molecule has 0 N–H and O–H groups in total. The molecular formula is C9H9Cl2NO2. The number of hydrogen-bond acceptors (Lipinski definition) is 2. The highest BCUT2D eigenvalue weighted by atomic mass is 35.5. The van der Waals surface area contributed by atoms with Crippen LogP contribution in [0.3, 0.4) is 0 Å². The van der Waals surface area contributed by atoms with Gasteiger partial charge in [0.2, 0.25) is 0 Å². The summed E-state index contributed by atoms with van der Waals surface area (Å²) in [7, 11) is 1.49. The Hall–Kier alpha value is -0.930. The Bertz CT molecular complexity index is 334. The van der Waals surface area contributed by atoms with E-state index in [-0.39, 0.29) is 11.7 Å². The van der Waals surface area contributed by atoms with Crippen LogP contribution in [0.4, 0.5) is 0 Å². The van der Waals surface area contributed by atoms with Crippen molar-refractivity contribution in [2.24, 2.45) is 0 Å². The second-order valence-corrected chi connectivity index (χ2v) is 3.47. The van der Waals surface area contributed by atoms with Crippen LogP contribution in [0.1, 0.15) is 6.92 Å². The first kappa shape index (κ1) is 11.1. The van der Waals surface area contributed by atoms with Crippen LogP contribution >= 0.6 is 23.2 Å². The fourth-order valence-electron chi connectivity index (χ4n) is 0.771. The molecule has 0 saturated heterocycles. The van der Waals surface area contributed by atoms with Gasteiger partial charge in [-0.3, -0.25) is 4.79 Å². The molecular weight excluding hydrogens is 225 g/mol. The molecule has 0 heterocycles. The molecule has 0 spiro atoms. The molecule has 1 aromatic carbocycles. The van der Waals surface area contributed by atoms with E-state index >= 15 is 0 Å². The maximum Gasteiger partial charge on any atom is 0.251 e. The van der Waals surface area contributed by atoms with Crippen LogP contribution in [0, 0.1) is 0 Å². The highest BCUT2D eigenvalue weighted by molar-refractivity contribution is 6.37. The van der Waals surface area contributed by atoms with E-state index in [1.807, 2.05) is 0 Å². The minimum absolute atomic E-state index is 0.235. The van der Waals surface area contributed by atoms with E-state index < -0.39 is 0 Å².